The lowest BCUT2D eigenvalue weighted by Crippen LogP contribution is -2.13. The average molecular weight is 218 g/mol. The molecule has 82 valence electrons. The van der Waals surface area contributed by atoms with E-state index in [1.165, 1.54) is 6.92 Å². The highest BCUT2D eigenvalue weighted by atomic mass is 19.2. The predicted molar refractivity (Wildman–Crippen MR) is 46.7 cm³/mol. The quantitative estimate of drug-likeness (QED) is 0.562. The number of carbonyl (C=O) groups excluding carboxylic acids is 1. The fraction of sp³-hybridized carbons (Fsp3) is 0.300. The van der Waals surface area contributed by atoms with Gasteiger partial charge in [0.2, 0.25) is 0 Å². The number of halogens is 3. The number of rotatable bonds is 2. The maximum absolute atomic E-state index is 13.2. The van der Waals surface area contributed by atoms with Gasteiger partial charge >= 0.3 is 5.97 Å². The minimum absolute atomic E-state index is 0.348. The molecule has 0 saturated carbocycles. The lowest BCUT2D eigenvalue weighted by molar-refractivity contribution is -0.142. The molecule has 0 amide bonds. The topological polar surface area (TPSA) is 26.3 Å². The molecule has 2 nitrogen and oxygen atoms in total. The Morgan fingerprint density at radius 3 is 2.47 bits per heavy atom. The van der Waals surface area contributed by atoms with Gasteiger partial charge in [-0.1, -0.05) is 0 Å². The van der Waals surface area contributed by atoms with Crippen LogP contribution in [0.15, 0.2) is 12.1 Å². The van der Waals surface area contributed by atoms with Crippen LogP contribution in [0.4, 0.5) is 13.2 Å². The van der Waals surface area contributed by atoms with Gasteiger partial charge in [-0.05, 0) is 13.0 Å². The van der Waals surface area contributed by atoms with Crippen molar-refractivity contribution in [2.75, 3.05) is 7.11 Å². The molecule has 0 spiro atoms. The van der Waals surface area contributed by atoms with Crippen molar-refractivity contribution in [3.63, 3.8) is 0 Å². The molecular weight excluding hydrogens is 209 g/mol. The fourth-order valence-corrected chi connectivity index (χ4v) is 1.19. The van der Waals surface area contributed by atoms with Crippen LogP contribution in [0.5, 0.6) is 0 Å². The smallest absolute Gasteiger partial charge is 0.312 e. The van der Waals surface area contributed by atoms with E-state index in [1.807, 2.05) is 0 Å². The van der Waals surface area contributed by atoms with Crippen molar-refractivity contribution >= 4 is 5.97 Å². The van der Waals surface area contributed by atoms with Crippen molar-refractivity contribution in [2.45, 2.75) is 12.8 Å². The summed E-state index contributed by atoms with van der Waals surface area (Å²) in [6.45, 7) is 1.31. The second-order valence-corrected chi connectivity index (χ2v) is 3.04. The average Bonchev–Trinajstić information content (AvgIpc) is 2.21. The summed E-state index contributed by atoms with van der Waals surface area (Å²) in [5.74, 6) is -5.27. The third-order valence-electron chi connectivity index (χ3n) is 2.04. The molecule has 0 aliphatic heterocycles. The molecule has 1 atom stereocenters. The van der Waals surface area contributed by atoms with Crippen LogP contribution >= 0.6 is 0 Å². The maximum Gasteiger partial charge on any atom is 0.312 e. The Bertz CT molecular complexity index is 390. The van der Waals surface area contributed by atoms with Crippen LogP contribution in [0.2, 0.25) is 0 Å². The number of hydrogen-bond donors (Lipinski definition) is 0. The molecule has 1 rings (SSSR count). The van der Waals surface area contributed by atoms with Crippen LogP contribution in [-0.4, -0.2) is 13.1 Å². The monoisotopic (exact) mass is 218 g/mol. The van der Waals surface area contributed by atoms with Gasteiger partial charge in [0, 0.05) is 11.6 Å². The highest BCUT2D eigenvalue weighted by molar-refractivity contribution is 5.77. The summed E-state index contributed by atoms with van der Waals surface area (Å²) in [5.41, 5.74) is -0.348. The Labute approximate surface area is 84.7 Å². The van der Waals surface area contributed by atoms with Crippen LogP contribution in [0, 0.1) is 17.5 Å². The lowest BCUT2D eigenvalue weighted by Gasteiger charge is -2.10. The Morgan fingerprint density at radius 1 is 1.33 bits per heavy atom. The van der Waals surface area contributed by atoms with E-state index in [2.05, 4.69) is 4.74 Å². The zero-order valence-corrected chi connectivity index (χ0v) is 8.18. The van der Waals surface area contributed by atoms with E-state index in [-0.39, 0.29) is 5.56 Å². The van der Waals surface area contributed by atoms with Crippen LogP contribution in [0.25, 0.3) is 0 Å². The van der Waals surface area contributed by atoms with Crippen molar-refractivity contribution in [3.05, 3.63) is 35.1 Å². The number of hydrogen-bond acceptors (Lipinski definition) is 2. The molecule has 0 aliphatic rings. The molecule has 0 aromatic heterocycles. The molecule has 0 saturated heterocycles. The van der Waals surface area contributed by atoms with E-state index in [0.29, 0.717) is 6.07 Å². The van der Waals surface area contributed by atoms with Crippen molar-refractivity contribution in [1.29, 1.82) is 0 Å². The first kappa shape index (κ1) is 11.6. The van der Waals surface area contributed by atoms with Gasteiger partial charge in [-0.3, -0.25) is 4.79 Å². The highest BCUT2D eigenvalue weighted by Gasteiger charge is 2.22. The van der Waals surface area contributed by atoms with Crippen molar-refractivity contribution in [3.8, 4) is 0 Å². The maximum atomic E-state index is 13.2. The molecule has 5 heteroatoms. The van der Waals surface area contributed by atoms with E-state index in [0.717, 1.165) is 13.2 Å². The third kappa shape index (κ3) is 2.29. The van der Waals surface area contributed by atoms with Crippen LogP contribution in [0.1, 0.15) is 18.4 Å². The summed E-state index contributed by atoms with van der Waals surface area (Å²) in [6.07, 6.45) is 0. The van der Waals surface area contributed by atoms with Gasteiger partial charge in [0.05, 0.1) is 13.0 Å². The number of benzene rings is 1. The third-order valence-corrected chi connectivity index (χ3v) is 2.04. The Hall–Kier alpha value is -1.52. The number of esters is 1. The standard InChI is InChI=1S/C10H9F3O2/c1-5(10(14)15-2)7-3-6(11)4-8(12)9(7)13/h3-5H,1-2H3. The van der Waals surface area contributed by atoms with Gasteiger partial charge in [-0.15, -0.1) is 0 Å². The fourth-order valence-electron chi connectivity index (χ4n) is 1.19. The van der Waals surface area contributed by atoms with Gasteiger partial charge in [-0.2, -0.15) is 0 Å². The van der Waals surface area contributed by atoms with E-state index in [4.69, 9.17) is 0 Å². The summed E-state index contributed by atoms with van der Waals surface area (Å²) >= 11 is 0. The minimum Gasteiger partial charge on any atom is -0.469 e. The first-order chi connectivity index (χ1) is 6.97. The molecule has 1 aromatic rings. The van der Waals surface area contributed by atoms with Crippen LogP contribution in [-0.2, 0) is 9.53 Å². The van der Waals surface area contributed by atoms with Gasteiger partial charge in [-0.25, -0.2) is 13.2 Å². The first-order valence-electron chi connectivity index (χ1n) is 4.19. The molecule has 0 fully saturated rings. The van der Waals surface area contributed by atoms with Crippen LogP contribution < -0.4 is 0 Å². The molecule has 0 heterocycles. The molecule has 1 unspecified atom stereocenters. The van der Waals surface area contributed by atoms with E-state index >= 15 is 0 Å². The van der Waals surface area contributed by atoms with Gasteiger partial charge in [0.1, 0.15) is 5.82 Å². The van der Waals surface area contributed by atoms with Gasteiger partial charge in [0.15, 0.2) is 11.6 Å². The molecule has 0 bridgehead atoms. The molecule has 0 radical (unpaired) electrons. The molecular formula is C10H9F3O2. The van der Waals surface area contributed by atoms with Crippen molar-refractivity contribution in [1.82, 2.24) is 0 Å². The SMILES string of the molecule is COC(=O)C(C)c1cc(F)cc(F)c1F. The summed E-state index contributed by atoms with van der Waals surface area (Å²) in [7, 11) is 1.12. The van der Waals surface area contributed by atoms with Gasteiger partial charge < -0.3 is 4.74 Å². The number of ether oxygens (including phenoxy) is 1. The minimum atomic E-state index is -1.32. The highest BCUT2D eigenvalue weighted by Crippen LogP contribution is 2.23. The normalized spacial score (nSPS) is 12.3. The number of methoxy groups -OCH3 is 1. The van der Waals surface area contributed by atoms with E-state index < -0.39 is 29.3 Å². The van der Waals surface area contributed by atoms with Crippen molar-refractivity contribution < 1.29 is 22.7 Å². The predicted octanol–water partition coefficient (Wildman–Crippen LogP) is 2.38. The van der Waals surface area contributed by atoms with E-state index in [9.17, 15) is 18.0 Å². The molecule has 0 N–H and O–H groups in total. The number of carbonyl (C=O) groups is 1. The Morgan fingerprint density at radius 2 is 1.93 bits per heavy atom. The summed E-state index contributed by atoms with van der Waals surface area (Å²) in [4.78, 5) is 11.1. The molecule has 1 aromatic carbocycles. The van der Waals surface area contributed by atoms with Gasteiger partial charge in [0.25, 0.3) is 0 Å². The van der Waals surface area contributed by atoms with Crippen LogP contribution in [0.3, 0.4) is 0 Å². The largest absolute Gasteiger partial charge is 0.469 e. The zero-order valence-electron chi connectivity index (χ0n) is 8.18. The second kappa shape index (κ2) is 4.33. The second-order valence-electron chi connectivity index (χ2n) is 3.04. The zero-order chi connectivity index (χ0) is 11.6. The lowest BCUT2D eigenvalue weighted by atomic mass is 10.0. The Balaban J connectivity index is 3.19. The van der Waals surface area contributed by atoms with E-state index in [1.54, 1.807) is 0 Å². The molecule has 0 aliphatic carbocycles. The first-order valence-corrected chi connectivity index (χ1v) is 4.19. The Kier molecular flexibility index (Phi) is 3.34. The summed E-state index contributed by atoms with van der Waals surface area (Å²) in [5, 5.41) is 0. The molecule has 15 heavy (non-hydrogen) atoms. The summed E-state index contributed by atoms with van der Waals surface area (Å²) in [6, 6.07) is 1.20. The van der Waals surface area contributed by atoms with Crippen molar-refractivity contribution in [2.24, 2.45) is 0 Å². The summed E-state index contributed by atoms with van der Waals surface area (Å²) < 4.78 is 43.1.